The van der Waals surface area contributed by atoms with Crippen LogP contribution in [0.2, 0.25) is 0 Å². The van der Waals surface area contributed by atoms with Gasteiger partial charge < -0.3 is 29.9 Å². The molecular formula is C31H41N6O8P. The van der Waals surface area contributed by atoms with Gasteiger partial charge in [0.05, 0.1) is 5.69 Å². The van der Waals surface area contributed by atoms with Crippen molar-refractivity contribution in [3.05, 3.63) is 54.5 Å². The highest BCUT2D eigenvalue weighted by atomic mass is 31.2. The quantitative estimate of drug-likeness (QED) is 0.182. The molecule has 6 atom stereocenters. The maximum Gasteiger partial charge on any atom is 0.459 e. The Morgan fingerprint density at radius 2 is 1.91 bits per heavy atom. The van der Waals surface area contributed by atoms with E-state index in [1.54, 1.807) is 42.5 Å². The second-order valence-corrected chi connectivity index (χ2v) is 14.7. The number of ether oxygens (including phenoxy) is 2. The molecule has 0 radical (unpaired) electrons. The third-order valence-electron chi connectivity index (χ3n) is 8.75. The second kappa shape index (κ2) is 13.3. The van der Waals surface area contributed by atoms with E-state index in [1.165, 1.54) is 17.8 Å². The minimum atomic E-state index is -4.43. The number of nitrogen functional groups attached to an aromatic ring is 1. The normalized spacial score (nSPS) is 28.7. The molecule has 248 valence electrons. The minimum absolute atomic E-state index is 0.160. The third-order valence-corrected chi connectivity index (χ3v) is 10.4. The molecule has 0 amide bonds. The first-order valence-electron chi connectivity index (χ1n) is 15.3. The highest BCUT2D eigenvalue weighted by Crippen LogP contribution is 2.48. The van der Waals surface area contributed by atoms with Crippen LogP contribution in [0.5, 0.6) is 5.75 Å². The van der Waals surface area contributed by atoms with Crippen LogP contribution in [-0.4, -0.2) is 67.3 Å². The third kappa shape index (κ3) is 7.05. The van der Waals surface area contributed by atoms with E-state index in [4.69, 9.17) is 24.3 Å². The maximum absolute atomic E-state index is 14.2. The molecule has 15 heteroatoms. The van der Waals surface area contributed by atoms with E-state index < -0.39 is 50.3 Å². The van der Waals surface area contributed by atoms with E-state index in [9.17, 15) is 24.8 Å². The smallest absolute Gasteiger partial charge is 0.459 e. The Kier molecular flexibility index (Phi) is 9.75. The lowest BCUT2D eigenvalue weighted by Gasteiger charge is -2.37. The Morgan fingerprint density at radius 1 is 1.22 bits per heavy atom. The highest BCUT2D eigenvalue weighted by Gasteiger charge is 2.57. The number of nitrogens with two attached hydrogens (primary N) is 1. The van der Waals surface area contributed by atoms with Gasteiger partial charge in [0.1, 0.15) is 60.7 Å². The van der Waals surface area contributed by atoms with E-state index >= 15 is 0 Å². The molecule has 0 bridgehead atoms. The number of anilines is 1. The predicted molar refractivity (Wildman–Crippen MR) is 166 cm³/mol. The molecule has 1 aliphatic carbocycles. The van der Waals surface area contributed by atoms with E-state index in [0.29, 0.717) is 17.1 Å². The molecule has 2 fully saturated rings. The molecule has 1 aromatic carbocycles. The van der Waals surface area contributed by atoms with Gasteiger partial charge in [0.15, 0.2) is 5.82 Å². The fraction of sp³-hybridized carbons (Fsp3) is 0.548. The van der Waals surface area contributed by atoms with Crippen molar-refractivity contribution in [1.29, 1.82) is 5.26 Å². The van der Waals surface area contributed by atoms with Crippen molar-refractivity contribution in [2.24, 2.45) is 11.3 Å². The van der Waals surface area contributed by atoms with Gasteiger partial charge in [-0.25, -0.2) is 14.1 Å². The molecule has 0 spiro atoms. The summed E-state index contributed by atoms with van der Waals surface area (Å²) in [5, 5.41) is 39.0. The van der Waals surface area contributed by atoms with Crippen molar-refractivity contribution in [1.82, 2.24) is 19.7 Å². The summed E-state index contributed by atoms with van der Waals surface area (Å²) in [5.41, 5.74) is 4.64. The van der Waals surface area contributed by atoms with Crippen LogP contribution in [0, 0.1) is 22.7 Å². The first kappa shape index (κ1) is 33.8. The van der Waals surface area contributed by atoms with Crippen LogP contribution in [-0.2, 0) is 23.4 Å². The molecular weight excluding hydrogens is 615 g/mol. The number of benzene rings is 1. The summed E-state index contributed by atoms with van der Waals surface area (Å²) >= 11 is 0. The first-order chi connectivity index (χ1) is 21.7. The number of nitrogens with zero attached hydrogens (tertiary/aromatic N) is 4. The maximum atomic E-state index is 14.2. The highest BCUT2D eigenvalue weighted by molar-refractivity contribution is 7.52. The number of para-hydroxylation sites is 1. The molecule has 2 aliphatic rings. The van der Waals surface area contributed by atoms with Gasteiger partial charge in [0.2, 0.25) is 5.60 Å². The molecule has 5 rings (SSSR count). The second-order valence-electron chi connectivity index (χ2n) is 13.0. The van der Waals surface area contributed by atoms with Crippen LogP contribution in [0.25, 0.3) is 5.52 Å². The average Bonchev–Trinajstić information content (AvgIpc) is 3.56. The number of aliphatic hydroxyl groups is 2. The van der Waals surface area contributed by atoms with Crippen molar-refractivity contribution in [3.63, 3.8) is 0 Å². The van der Waals surface area contributed by atoms with Crippen molar-refractivity contribution >= 4 is 25.1 Å². The summed E-state index contributed by atoms with van der Waals surface area (Å²) < 4.78 is 38.7. The number of hydrogen-bond donors (Lipinski definition) is 4. The van der Waals surface area contributed by atoms with Crippen LogP contribution in [0.4, 0.5) is 5.82 Å². The number of hydrogen-bond acceptors (Lipinski definition) is 12. The molecule has 1 aliphatic heterocycles. The van der Waals surface area contributed by atoms with Crippen molar-refractivity contribution in [3.8, 4) is 11.8 Å². The number of nitriles is 1. The lowest BCUT2D eigenvalue weighted by atomic mass is 9.72. The SMILES string of the molecule is C[C@H](NP(=O)(OC[C@@]1(C#N)O[C@@H](c2ccc3c(N)ncnn23)[C@H](O)[C@@H]1O)Oc1ccccc1)C(=O)OC1CCC(C(C)(C)C)CC1. The summed E-state index contributed by atoms with van der Waals surface area (Å²) in [7, 11) is -4.43. The molecule has 1 unspecified atom stereocenters. The fourth-order valence-corrected chi connectivity index (χ4v) is 7.49. The number of rotatable bonds is 10. The average molecular weight is 657 g/mol. The summed E-state index contributed by atoms with van der Waals surface area (Å²) in [4.78, 5) is 17.0. The van der Waals surface area contributed by atoms with Gasteiger partial charge >= 0.3 is 13.7 Å². The zero-order valence-corrected chi connectivity index (χ0v) is 27.2. The standard InChI is InChI=1S/C31H41N6O8P/c1-19(29(40)43-21-12-10-20(11-13-21)30(2,3)4)36-46(41,45-22-8-6-5-7-9-22)42-17-31(16-32)27(39)25(38)26(44-31)23-14-15-24-28(33)34-18-35-37(23)24/h5-9,14-15,18-21,25-27,38-39H,10-13,17H2,1-4H3,(H,36,41)(H2,33,34,35)/t19-,20?,21?,25-,26-,27-,31+,46?/m0/s1. The van der Waals surface area contributed by atoms with Crippen LogP contribution >= 0.6 is 7.75 Å². The Labute approximate surface area is 267 Å². The molecule has 1 saturated heterocycles. The molecule has 3 heterocycles. The molecule has 46 heavy (non-hydrogen) atoms. The van der Waals surface area contributed by atoms with Crippen LogP contribution in [0.15, 0.2) is 48.8 Å². The number of esters is 1. The summed E-state index contributed by atoms with van der Waals surface area (Å²) in [6.45, 7) is 7.30. The first-order valence-corrected chi connectivity index (χ1v) is 16.8. The summed E-state index contributed by atoms with van der Waals surface area (Å²) in [5.74, 6) is 0.240. The number of fused-ring (bicyclic) bond motifs is 1. The van der Waals surface area contributed by atoms with E-state index in [1.807, 2.05) is 6.07 Å². The topological polar surface area (TPSA) is 204 Å². The Balaban J connectivity index is 1.31. The molecule has 2 aromatic heterocycles. The van der Waals surface area contributed by atoms with E-state index in [0.717, 1.165) is 25.7 Å². The van der Waals surface area contributed by atoms with Crippen LogP contribution in [0.3, 0.4) is 0 Å². The van der Waals surface area contributed by atoms with E-state index in [2.05, 4.69) is 35.9 Å². The van der Waals surface area contributed by atoms with Gasteiger partial charge in [-0.15, -0.1) is 0 Å². The molecule has 14 nitrogen and oxygen atoms in total. The predicted octanol–water partition coefficient (Wildman–Crippen LogP) is 3.70. The fourth-order valence-electron chi connectivity index (χ4n) is 5.97. The number of nitrogens with one attached hydrogen (secondary N) is 1. The zero-order valence-electron chi connectivity index (χ0n) is 26.3. The molecule has 1 saturated carbocycles. The largest absolute Gasteiger partial charge is 0.461 e. The number of carbonyl (C=O) groups excluding carboxylic acids is 1. The van der Waals surface area contributed by atoms with Crippen LogP contribution in [0.1, 0.15) is 65.2 Å². The van der Waals surface area contributed by atoms with Crippen molar-refractivity contribution in [2.75, 3.05) is 12.3 Å². The summed E-state index contributed by atoms with van der Waals surface area (Å²) in [6.07, 6.45) is -0.332. The molecule has 3 aromatic rings. The van der Waals surface area contributed by atoms with Gasteiger partial charge in [0, 0.05) is 0 Å². The number of carbonyl (C=O) groups is 1. The lowest BCUT2D eigenvalue weighted by Crippen LogP contribution is -2.46. The monoisotopic (exact) mass is 656 g/mol. The Hall–Kier alpha value is -3.57. The van der Waals surface area contributed by atoms with Crippen molar-refractivity contribution in [2.45, 2.75) is 89.4 Å². The minimum Gasteiger partial charge on any atom is -0.461 e. The Morgan fingerprint density at radius 3 is 2.57 bits per heavy atom. The van der Waals surface area contributed by atoms with Gasteiger partial charge in [-0.1, -0.05) is 39.0 Å². The van der Waals surface area contributed by atoms with Gasteiger partial charge in [0.25, 0.3) is 0 Å². The Bertz CT molecular complexity index is 1620. The number of aliphatic hydroxyl groups excluding tert-OH is 2. The number of aromatic nitrogens is 3. The van der Waals surface area contributed by atoms with Crippen molar-refractivity contribution < 1.29 is 38.1 Å². The van der Waals surface area contributed by atoms with Gasteiger partial charge in [-0.2, -0.15) is 15.4 Å². The zero-order chi connectivity index (χ0) is 33.3. The summed E-state index contributed by atoms with van der Waals surface area (Å²) in [6, 6.07) is 12.1. The van der Waals surface area contributed by atoms with E-state index in [-0.39, 0.29) is 23.1 Å². The van der Waals surface area contributed by atoms with Gasteiger partial charge in [-0.05, 0) is 68.2 Å². The van der Waals surface area contributed by atoms with Crippen LogP contribution < -0.4 is 15.3 Å². The van der Waals surface area contributed by atoms with Gasteiger partial charge in [-0.3, -0.25) is 9.32 Å². The lowest BCUT2D eigenvalue weighted by molar-refractivity contribution is -0.153. The molecule has 5 N–H and O–H groups in total.